The maximum atomic E-state index is 11.7. The molecule has 4 rings (SSSR count). The first-order valence-corrected chi connectivity index (χ1v) is 11.6. The van der Waals surface area contributed by atoms with Gasteiger partial charge in [-0.3, -0.25) is 11.3 Å². The second-order valence-corrected chi connectivity index (χ2v) is 9.08. The van der Waals surface area contributed by atoms with Gasteiger partial charge in [-0.1, -0.05) is 23.2 Å². The number of esters is 1. The van der Waals surface area contributed by atoms with E-state index < -0.39 is 5.97 Å². The zero-order valence-electron chi connectivity index (χ0n) is 17.1. The van der Waals surface area contributed by atoms with E-state index in [-0.39, 0.29) is 23.9 Å². The molecule has 1 aliphatic heterocycles. The van der Waals surface area contributed by atoms with Gasteiger partial charge in [-0.05, 0) is 63.0 Å². The highest BCUT2D eigenvalue weighted by atomic mass is 79.9. The zero-order chi connectivity index (χ0) is 23.4. The summed E-state index contributed by atoms with van der Waals surface area (Å²) in [7, 11) is 0. The van der Waals surface area contributed by atoms with Crippen LogP contribution >= 0.6 is 67.5 Å². The summed E-state index contributed by atoms with van der Waals surface area (Å²) < 4.78 is 13.6. The molecule has 33 heavy (non-hydrogen) atoms. The molecule has 0 unspecified atom stereocenters. The molecule has 8 nitrogen and oxygen atoms in total. The lowest BCUT2D eigenvalue weighted by molar-refractivity contribution is 0.0518. The quantitative estimate of drug-likeness (QED) is 0.146. The number of rotatable bonds is 4. The Morgan fingerprint density at radius 2 is 1.91 bits per heavy atom. The van der Waals surface area contributed by atoms with Gasteiger partial charge in [-0.2, -0.15) is 5.10 Å². The van der Waals surface area contributed by atoms with Gasteiger partial charge in [-0.15, -0.1) is 12.4 Å². The minimum atomic E-state index is -0.459. The number of phenols is 1. The molecular weight excluding hydrogens is 626 g/mol. The number of nitrogens with two attached hydrogens (primary N) is 1. The lowest BCUT2D eigenvalue weighted by atomic mass is 10.2. The Morgan fingerprint density at radius 1 is 1.24 bits per heavy atom. The molecule has 0 fully saturated rings. The molecule has 4 N–H and O–H groups in total. The Bertz CT molecular complexity index is 1160. The normalized spacial score (nSPS) is 11.2. The monoisotopic (exact) mass is 642 g/mol. The summed E-state index contributed by atoms with van der Waals surface area (Å²) in [6.45, 7) is 2.93. The number of nitrogens with zero attached hydrogens (tertiary/aromatic N) is 2. The second kappa shape index (κ2) is 12.3. The first kappa shape index (κ1) is 27.7. The number of carbonyl (C=O) groups is 1. The van der Waals surface area contributed by atoms with Crippen LogP contribution in [-0.4, -0.2) is 27.5 Å². The van der Waals surface area contributed by atoms with Gasteiger partial charge >= 0.3 is 5.97 Å². The van der Waals surface area contributed by atoms with Gasteiger partial charge < -0.3 is 14.6 Å². The fourth-order valence-electron chi connectivity index (χ4n) is 2.88. The van der Waals surface area contributed by atoms with E-state index in [1.165, 1.54) is 0 Å². The van der Waals surface area contributed by atoms with Crippen LogP contribution in [0.4, 0.5) is 0 Å². The van der Waals surface area contributed by atoms with Crippen molar-refractivity contribution in [1.82, 2.24) is 15.2 Å². The average Bonchev–Trinajstić information content (AvgIpc) is 3.14. The molecule has 0 saturated carbocycles. The third-order valence-corrected chi connectivity index (χ3v) is 5.87. The Hall–Kier alpha value is -1.53. The highest BCUT2D eigenvalue weighted by molar-refractivity contribution is 9.10. The second-order valence-electron chi connectivity index (χ2n) is 6.50. The smallest absolute Gasteiger partial charge is 0.358 e. The van der Waals surface area contributed by atoms with Gasteiger partial charge in [0.05, 0.1) is 22.1 Å². The molecule has 0 amide bonds. The Kier molecular flexibility index (Phi) is 10.3. The van der Waals surface area contributed by atoms with E-state index >= 15 is 0 Å². The lowest BCUT2D eigenvalue weighted by Gasteiger charge is -2.19. The number of hydrogen-bond donors (Lipinski definition) is 3. The van der Waals surface area contributed by atoms with Crippen molar-refractivity contribution in [1.29, 1.82) is 0 Å². The molecule has 0 atom stereocenters. The molecule has 3 aromatic rings. The van der Waals surface area contributed by atoms with Gasteiger partial charge in [0.2, 0.25) is 5.88 Å². The minimum Gasteiger partial charge on any atom is -0.506 e. The van der Waals surface area contributed by atoms with E-state index in [1.807, 2.05) is 6.07 Å². The maximum absolute atomic E-state index is 11.7. The Balaban J connectivity index is 0.000000257. The summed E-state index contributed by atoms with van der Waals surface area (Å²) in [5, 5.41) is 14.8. The van der Waals surface area contributed by atoms with Crippen LogP contribution in [0.25, 0.3) is 0 Å². The van der Waals surface area contributed by atoms with Crippen molar-refractivity contribution in [3.63, 3.8) is 0 Å². The summed E-state index contributed by atoms with van der Waals surface area (Å²) in [6, 6.07) is 8.43. The highest BCUT2D eigenvalue weighted by Crippen LogP contribution is 2.40. The molecule has 0 aliphatic carbocycles. The van der Waals surface area contributed by atoms with E-state index in [1.54, 1.807) is 35.9 Å². The summed E-state index contributed by atoms with van der Waals surface area (Å²) in [5.74, 6) is 6.01. The molecule has 2 heterocycles. The molecule has 13 heteroatoms. The van der Waals surface area contributed by atoms with Crippen LogP contribution in [0.1, 0.15) is 28.5 Å². The molecule has 0 spiro atoms. The fourth-order valence-corrected chi connectivity index (χ4v) is 4.70. The summed E-state index contributed by atoms with van der Waals surface area (Å²) >= 11 is 18.3. The van der Waals surface area contributed by atoms with E-state index in [2.05, 4.69) is 42.4 Å². The van der Waals surface area contributed by atoms with Crippen LogP contribution in [0.15, 0.2) is 39.3 Å². The number of carbonyl (C=O) groups excluding carboxylic acids is 1. The van der Waals surface area contributed by atoms with E-state index in [0.717, 1.165) is 10.0 Å². The molecule has 0 radical (unpaired) electrons. The maximum Gasteiger partial charge on any atom is 0.358 e. The number of benzene rings is 2. The van der Waals surface area contributed by atoms with Crippen molar-refractivity contribution in [2.24, 2.45) is 5.84 Å². The van der Waals surface area contributed by atoms with Crippen LogP contribution in [0.2, 0.25) is 10.0 Å². The molecule has 1 aromatic heterocycles. The standard InChI is InChI=1S/C13H10BrClN2O3.C7H8BrClN2O.ClH/c1-2-19-13(18)10-5-11-17(16-10)6-7-3-8(15)4-9(14)12(7)20-11;8-6-2-5(9)1-4(3-11-10)7(6)12;/h3-5H,2,6H2,1H3;1-2,11-12H,3,10H2;1H. The van der Waals surface area contributed by atoms with Crippen molar-refractivity contribution in [2.45, 2.75) is 20.0 Å². The number of aromatic hydroxyl groups is 1. The van der Waals surface area contributed by atoms with Crippen LogP contribution in [0, 0.1) is 0 Å². The average molecular weight is 646 g/mol. The van der Waals surface area contributed by atoms with Crippen LogP contribution in [0.5, 0.6) is 17.4 Å². The van der Waals surface area contributed by atoms with Crippen LogP contribution in [-0.2, 0) is 17.8 Å². The first-order valence-electron chi connectivity index (χ1n) is 9.24. The topological polar surface area (TPSA) is 112 Å². The largest absolute Gasteiger partial charge is 0.506 e. The predicted molar refractivity (Wildman–Crippen MR) is 136 cm³/mol. The first-order chi connectivity index (χ1) is 15.2. The summed E-state index contributed by atoms with van der Waals surface area (Å²) in [6.07, 6.45) is 0. The van der Waals surface area contributed by atoms with E-state index in [0.29, 0.717) is 51.4 Å². The number of nitrogens with one attached hydrogen (secondary N) is 1. The highest BCUT2D eigenvalue weighted by Gasteiger charge is 2.24. The Morgan fingerprint density at radius 3 is 2.58 bits per heavy atom. The number of ether oxygens (including phenoxy) is 2. The number of hydrazine groups is 1. The molecule has 0 bridgehead atoms. The van der Waals surface area contributed by atoms with Gasteiger partial charge in [-0.25, -0.2) is 9.48 Å². The van der Waals surface area contributed by atoms with Crippen molar-refractivity contribution in [3.05, 3.63) is 66.1 Å². The molecule has 178 valence electrons. The number of fused-ring (bicyclic) bond motifs is 2. The third kappa shape index (κ3) is 6.75. The number of phenolic OH excluding ortho intramolecular Hbond substituents is 1. The number of halogens is 5. The predicted octanol–water partition coefficient (Wildman–Crippen LogP) is 5.82. The molecular formula is C20H19Br2Cl3N4O4. The number of aromatic nitrogens is 2. The van der Waals surface area contributed by atoms with Crippen molar-refractivity contribution in [3.8, 4) is 17.4 Å². The number of hydrogen-bond acceptors (Lipinski definition) is 7. The molecule has 0 saturated heterocycles. The zero-order valence-corrected chi connectivity index (χ0v) is 22.6. The van der Waals surface area contributed by atoms with Gasteiger partial charge in [0.15, 0.2) is 5.69 Å². The van der Waals surface area contributed by atoms with Crippen molar-refractivity contribution in [2.75, 3.05) is 6.61 Å². The van der Waals surface area contributed by atoms with Crippen LogP contribution < -0.4 is 16.0 Å². The fraction of sp³-hybridized carbons (Fsp3) is 0.200. The van der Waals surface area contributed by atoms with Crippen LogP contribution in [0.3, 0.4) is 0 Å². The van der Waals surface area contributed by atoms with E-state index in [4.69, 9.17) is 38.5 Å². The van der Waals surface area contributed by atoms with Gasteiger partial charge in [0, 0.05) is 33.8 Å². The van der Waals surface area contributed by atoms with Crippen molar-refractivity contribution >= 4 is 73.4 Å². The SMILES string of the molecule is CCOC(=O)c1cc2n(n1)Cc1cc(Cl)cc(Br)c1O2.Cl.NNCc1cc(Cl)cc(Br)c1O. The molecule has 2 aromatic carbocycles. The summed E-state index contributed by atoms with van der Waals surface area (Å²) in [4.78, 5) is 11.7. The van der Waals surface area contributed by atoms with E-state index in [9.17, 15) is 9.90 Å². The van der Waals surface area contributed by atoms with Gasteiger partial charge in [0.25, 0.3) is 0 Å². The molecule has 1 aliphatic rings. The Labute approximate surface area is 223 Å². The van der Waals surface area contributed by atoms with Crippen molar-refractivity contribution < 1.29 is 19.4 Å². The third-order valence-electron chi connectivity index (χ3n) is 4.24. The minimum absolute atomic E-state index is 0. The summed E-state index contributed by atoms with van der Waals surface area (Å²) in [5.41, 5.74) is 4.24. The lowest BCUT2D eigenvalue weighted by Crippen LogP contribution is -2.20. The van der Waals surface area contributed by atoms with Gasteiger partial charge in [0.1, 0.15) is 11.5 Å².